The predicted octanol–water partition coefficient (Wildman–Crippen LogP) is 2.70. The summed E-state index contributed by atoms with van der Waals surface area (Å²) >= 11 is 0. The number of aromatic amines is 1. The van der Waals surface area contributed by atoms with Gasteiger partial charge in [-0.25, -0.2) is 9.97 Å². The molecule has 6 heteroatoms. The molecule has 6 nitrogen and oxygen atoms in total. The van der Waals surface area contributed by atoms with Crippen molar-refractivity contribution in [1.29, 1.82) is 0 Å². The number of benzene rings is 1. The van der Waals surface area contributed by atoms with Crippen LogP contribution in [0.5, 0.6) is 0 Å². The van der Waals surface area contributed by atoms with Gasteiger partial charge in [-0.3, -0.25) is 4.79 Å². The molecule has 1 aliphatic heterocycles. The number of carbonyl (C=O) groups excluding carboxylic acids is 1. The Balaban J connectivity index is 1.66. The maximum atomic E-state index is 12.9. The van der Waals surface area contributed by atoms with E-state index in [0.29, 0.717) is 37.6 Å². The van der Waals surface area contributed by atoms with Crippen LogP contribution in [0.2, 0.25) is 0 Å². The first-order chi connectivity index (χ1) is 12.2. The van der Waals surface area contributed by atoms with Crippen molar-refractivity contribution in [1.82, 2.24) is 20.3 Å². The summed E-state index contributed by atoms with van der Waals surface area (Å²) in [5.74, 6) is 0.488. The molecule has 0 radical (unpaired) electrons. The first-order valence-electron chi connectivity index (χ1n) is 8.43. The van der Waals surface area contributed by atoms with Gasteiger partial charge in [0.25, 0.3) is 5.91 Å². The monoisotopic (exact) mass is 336 g/mol. The number of fused-ring (bicyclic) bond motifs is 1. The molecule has 0 spiro atoms. The summed E-state index contributed by atoms with van der Waals surface area (Å²) < 4.78 is 5.48. The van der Waals surface area contributed by atoms with Crippen LogP contribution in [-0.4, -0.2) is 34.1 Å². The number of aromatic nitrogens is 3. The van der Waals surface area contributed by atoms with E-state index in [0.717, 1.165) is 16.5 Å². The number of H-pyrrole nitrogens is 1. The largest absolute Gasteiger partial charge is 0.381 e. The van der Waals surface area contributed by atoms with Gasteiger partial charge in [-0.2, -0.15) is 0 Å². The minimum atomic E-state index is -0.593. The number of hydrogen-bond acceptors (Lipinski definition) is 4. The highest BCUT2D eigenvalue weighted by Gasteiger charge is 2.39. The zero-order chi connectivity index (χ0) is 17.3. The third-order valence-corrected chi connectivity index (χ3v) is 4.72. The van der Waals surface area contributed by atoms with Crippen molar-refractivity contribution in [3.63, 3.8) is 0 Å². The van der Waals surface area contributed by atoms with E-state index < -0.39 is 5.54 Å². The molecule has 0 saturated carbocycles. The molecule has 1 aliphatic rings. The van der Waals surface area contributed by atoms with E-state index in [-0.39, 0.29) is 5.91 Å². The van der Waals surface area contributed by atoms with E-state index in [1.807, 2.05) is 31.2 Å². The lowest BCUT2D eigenvalue weighted by atomic mass is 9.88. The number of carbonyl (C=O) groups is 1. The molecule has 128 valence electrons. The highest BCUT2D eigenvalue weighted by Crippen LogP contribution is 2.30. The average molecular weight is 336 g/mol. The maximum absolute atomic E-state index is 12.9. The van der Waals surface area contributed by atoms with Crippen molar-refractivity contribution in [2.75, 3.05) is 13.2 Å². The van der Waals surface area contributed by atoms with Crippen LogP contribution in [0.15, 0.2) is 42.7 Å². The Labute approximate surface area is 145 Å². The summed E-state index contributed by atoms with van der Waals surface area (Å²) in [6.07, 6.45) is 4.72. The molecular formula is C19H20N4O2. The van der Waals surface area contributed by atoms with Gasteiger partial charge in [-0.1, -0.05) is 12.1 Å². The van der Waals surface area contributed by atoms with Gasteiger partial charge >= 0.3 is 0 Å². The summed E-state index contributed by atoms with van der Waals surface area (Å²) in [4.78, 5) is 24.9. The number of ether oxygens (including phenoxy) is 1. The molecule has 2 aromatic heterocycles. The number of nitrogens with one attached hydrogen (secondary N) is 2. The lowest BCUT2D eigenvalue weighted by Gasteiger charge is -2.36. The molecule has 1 fully saturated rings. The second-order valence-electron chi connectivity index (χ2n) is 6.49. The molecule has 3 aromatic rings. The molecule has 0 atom stereocenters. The molecule has 0 bridgehead atoms. The van der Waals surface area contributed by atoms with E-state index >= 15 is 0 Å². The van der Waals surface area contributed by atoms with Crippen LogP contribution >= 0.6 is 0 Å². The van der Waals surface area contributed by atoms with E-state index in [9.17, 15) is 4.79 Å². The molecular weight excluding hydrogens is 316 g/mol. The predicted molar refractivity (Wildman–Crippen MR) is 94.3 cm³/mol. The Hall–Kier alpha value is -2.73. The molecule has 0 unspecified atom stereocenters. The standard InChI is InChI=1S/C19H20N4O2/c1-13-3-4-14-12-16(22-15(14)11-13)17(24)23-19(5-9-25-10-6-19)18-20-7-2-8-21-18/h2-4,7-8,11-12,22H,5-6,9-10H2,1H3,(H,23,24). The fourth-order valence-corrected chi connectivity index (χ4v) is 3.32. The molecule has 1 aromatic carbocycles. The van der Waals surface area contributed by atoms with Crippen LogP contribution in [0.3, 0.4) is 0 Å². The van der Waals surface area contributed by atoms with Gasteiger partial charge in [0.05, 0.1) is 0 Å². The van der Waals surface area contributed by atoms with Crippen LogP contribution in [0.25, 0.3) is 10.9 Å². The summed E-state index contributed by atoms with van der Waals surface area (Å²) in [6, 6.07) is 9.75. The lowest BCUT2D eigenvalue weighted by molar-refractivity contribution is 0.0312. The number of amides is 1. The van der Waals surface area contributed by atoms with Crippen molar-refractivity contribution >= 4 is 16.8 Å². The van der Waals surface area contributed by atoms with Crippen LogP contribution in [0.1, 0.15) is 34.7 Å². The van der Waals surface area contributed by atoms with Gasteiger partial charge in [0.15, 0.2) is 5.82 Å². The lowest BCUT2D eigenvalue weighted by Crippen LogP contribution is -2.50. The SMILES string of the molecule is Cc1ccc2cc(C(=O)NC3(c4ncccn4)CCOCC3)[nH]c2c1. The summed E-state index contributed by atoms with van der Waals surface area (Å²) in [5, 5.41) is 4.19. The third kappa shape index (κ3) is 3.00. The van der Waals surface area contributed by atoms with Crippen LogP contribution in [-0.2, 0) is 10.3 Å². The zero-order valence-electron chi connectivity index (χ0n) is 14.1. The summed E-state index contributed by atoms with van der Waals surface area (Å²) in [6.45, 7) is 3.18. The number of hydrogen-bond donors (Lipinski definition) is 2. The molecule has 25 heavy (non-hydrogen) atoms. The van der Waals surface area contributed by atoms with Crippen molar-refractivity contribution in [3.8, 4) is 0 Å². The van der Waals surface area contributed by atoms with Crippen molar-refractivity contribution in [2.45, 2.75) is 25.3 Å². The van der Waals surface area contributed by atoms with Gasteiger partial charge < -0.3 is 15.0 Å². The molecule has 0 aliphatic carbocycles. The zero-order valence-corrected chi connectivity index (χ0v) is 14.1. The van der Waals surface area contributed by atoms with Gasteiger partial charge in [0.2, 0.25) is 0 Å². The fourth-order valence-electron chi connectivity index (χ4n) is 3.32. The Kier molecular flexibility index (Phi) is 3.97. The second kappa shape index (κ2) is 6.29. The fraction of sp³-hybridized carbons (Fsp3) is 0.316. The van der Waals surface area contributed by atoms with Gasteiger partial charge in [-0.05, 0) is 30.7 Å². The Morgan fingerprint density at radius 1 is 1.20 bits per heavy atom. The van der Waals surface area contributed by atoms with Crippen molar-refractivity contribution in [2.24, 2.45) is 0 Å². The second-order valence-corrected chi connectivity index (χ2v) is 6.49. The highest BCUT2D eigenvalue weighted by molar-refractivity contribution is 5.98. The molecule has 4 rings (SSSR count). The minimum absolute atomic E-state index is 0.150. The molecule has 3 heterocycles. The Bertz CT molecular complexity index is 898. The van der Waals surface area contributed by atoms with Crippen LogP contribution < -0.4 is 5.32 Å². The van der Waals surface area contributed by atoms with Gasteiger partial charge in [0, 0.05) is 49.4 Å². The highest BCUT2D eigenvalue weighted by atomic mass is 16.5. The summed E-state index contributed by atoms with van der Waals surface area (Å²) in [7, 11) is 0. The van der Waals surface area contributed by atoms with Gasteiger partial charge in [0.1, 0.15) is 11.2 Å². The quantitative estimate of drug-likeness (QED) is 0.771. The Morgan fingerprint density at radius 3 is 2.72 bits per heavy atom. The number of rotatable bonds is 3. The number of aryl methyl sites for hydroxylation is 1. The van der Waals surface area contributed by atoms with E-state index in [4.69, 9.17) is 4.74 Å². The van der Waals surface area contributed by atoms with E-state index in [1.54, 1.807) is 18.5 Å². The van der Waals surface area contributed by atoms with Crippen LogP contribution in [0, 0.1) is 6.92 Å². The topological polar surface area (TPSA) is 79.9 Å². The first kappa shape index (κ1) is 15.8. The van der Waals surface area contributed by atoms with Gasteiger partial charge in [-0.15, -0.1) is 0 Å². The summed E-state index contributed by atoms with van der Waals surface area (Å²) in [5.41, 5.74) is 2.06. The third-order valence-electron chi connectivity index (χ3n) is 4.72. The van der Waals surface area contributed by atoms with Crippen molar-refractivity contribution in [3.05, 3.63) is 59.8 Å². The van der Waals surface area contributed by atoms with E-state index in [1.165, 1.54) is 0 Å². The first-order valence-corrected chi connectivity index (χ1v) is 8.43. The molecule has 1 saturated heterocycles. The molecule has 2 N–H and O–H groups in total. The smallest absolute Gasteiger partial charge is 0.268 e. The molecule has 1 amide bonds. The Morgan fingerprint density at radius 2 is 1.96 bits per heavy atom. The average Bonchev–Trinajstić information content (AvgIpc) is 3.06. The van der Waals surface area contributed by atoms with Crippen LogP contribution in [0.4, 0.5) is 0 Å². The van der Waals surface area contributed by atoms with Crippen molar-refractivity contribution < 1.29 is 9.53 Å². The maximum Gasteiger partial charge on any atom is 0.268 e. The minimum Gasteiger partial charge on any atom is -0.381 e. The normalized spacial score (nSPS) is 16.7. The number of nitrogens with zero attached hydrogens (tertiary/aromatic N) is 2. The van der Waals surface area contributed by atoms with E-state index in [2.05, 4.69) is 20.3 Å².